The maximum Gasteiger partial charge on any atom is 0.325 e. The minimum atomic E-state index is -3.81. The second-order valence-electron chi connectivity index (χ2n) is 6.78. The first-order valence-corrected chi connectivity index (χ1v) is 10.6. The summed E-state index contributed by atoms with van der Waals surface area (Å²) in [5.74, 6) is -0.740. The number of amides is 1. The van der Waals surface area contributed by atoms with E-state index in [-0.39, 0.29) is 23.8 Å². The van der Waals surface area contributed by atoms with Gasteiger partial charge in [0.25, 0.3) is 15.9 Å². The maximum absolute atomic E-state index is 13.3. The summed E-state index contributed by atoms with van der Waals surface area (Å²) in [7, 11) is -2.57. The molecule has 0 bridgehead atoms. The number of para-hydroxylation sites is 1. The third-order valence-electron chi connectivity index (χ3n) is 5.04. The van der Waals surface area contributed by atoms with E-state index < -0.39 is 21.9 Å². The van der Waals surface area contributed by atoms with Crippen LogP contribution in [0.2, 0.25) is 0 Å². The number of fused-ring (bicyclic) bond motifs is 2. The molecule has 4 rings (SSSR count). The normalized spacial score (nSPS) is 16.0. The molecule has 0 radical (unpaired) electrons. The maximum atomic E-state index is 13.3. The number of carbonyl (C=O) groups excluding carboxylic acids is 2. The molecule has 0 saturated heterocycles. The number of esters is 1. The lowest BCUT2D eigenvalue weighted by molar-refractivity contribution is -0.140. The third kappa shape index (κ3) is 3.42. The Balaban J connectivity index is 1.71. The third-order valence-corrected chi connectivity index (χ3v) is 6.85. The van der Waals surface area contributed by atoms with Gasteiger partial charge in [-0.1, -0.05) is 18.2 Å². The Bertz CT molecular complexity index is 1080. The van der Waals surface area contributed by atoms with Gasteiger partial charge >= 0.3 is 5.97 Å². The van der Waals surface area contributed by atoms with Gasteiger partial charge in [0, 0.05) is 12.6 Å². The number of rotatable bonds is 4. The van der Waals surface area contributed by atoms with Crippen molar-refractivity contribution in [2.24, 2.45) is 0 Å². The van der Waals surface area contributed by atoms with Crippen LogP contribution in [0, 0.1) is 0 Å². The first-order valence-electron chi connectivity index (χ1n) is 9.16. The molecule has 9 heteroatoms. The van der Waals surface area contributed by atoms with E-state index in [2.05, 4.69) is 4.74 Å². The summed E-state index contributed by atoms with van der Waals surface area (Å²) in [5.41, 5.74) is 2.01. The molecular weight excluding hydrogens is 396 g/mol. The summed E-state index contributed by atoms with van der Waals surface area (Å²) < 4.78 is 38.1. The highest BCUT2D eigenvalue weighted by Gasteiger charge is 2.32. The number of anilines is 2. The van der Waals surface area contributed by atoms with Crippen molar-refractivity contribution in [1.29, 1.82) is 0 Å². The number of methoxy groups -OCH3 is 1. The quantitative estimate of drug-likeness (QED) is 0.705. The Hall–Kier alpha value is -3.07. The molecule has 0 unspecified atom stereocenters. The van der Waals surface area contributed by atoms with Crippen LogP contribution in [0.25, 0.3) is 0 Å². The molecule has 2 aromatic rings. The van der Waals surface area contributed by atoms with Crippen LogP contribution in [0.4, 0.5) is 11.4 Å². The summed E-state index contributed by atoms with van der Waals surface area (Å²) in [6.45, 7) is -0.151. The van der Waals surface area contributed by atoms with Crippen LogP contribution in [0.5, 0.6) is 5.75 Å². The fraction of sp³-hybridized carbons (Fsp3) is 0.300. The molecule has 0 N–H and O–H groups in total. The van der Waals surface area contributed by atoms with Crippen molar-refractivity contribution < 1.29 is 27.5 Å². The lowest BCUT2D eigenvalue weighted by atomic mass is 10.0. The standard InChI is InChI=1S/C20H20N2O6S/c1-27-20(24)12-21-17-9-8-15(11-18(17)28-13-19(21)23)29(25,26)22-10-4-6-14-5-2-3-7-16(14)22/h2-3,5,7-9,11H,4,6,10,12-13H2,1H3. The van der Waals surface area contributed by atoms with Crippen molar-refractivity contribution in [3.05, 3.63) is 48.0 Å². The summed E-state index contributed by atoms with van der Waals surface area (Å²) in [4.78, 5) is 25.1. The number of hydrogen-bond acceptors (Lipinski definition) is 6. The highest BCUT2D eigenvalue weighted by Crippen LogP contribution is 2.37. The molecular formula is C20H20N2O6S. The van der Waals surface area contributed by atoms with E-state index in [9.17, 15) is 18.0 Å². The molecule has 2 aromatic carbocycles. The van der Waals surface area contributed by atoms with Crippen LogP contribution in [-0.2, 0) is 30.8 Å². The number of nitrogens with zero attached hydrogens (tertiary/aromatic N) is 2. The number of aryl methyl sites for hydroxylation is 1. The second kappa shape index (κ2) is 7.40. The fourth-order valence-corrected chi connectivity index (χ4v) is 5.15. The zero-order valence-corrected chi connectivity index (χ0v) is 16.6. The molecule has 29 heavy (non-hydrogen) atoms. The zero-order valence-electron chi connectivity index (χ0n) is 15.8. The smallest absolute Gasteiger partial charge is 0.325 e. The highest BCUT2D eigenvalue weighted by atomic mass is 32.2. The van der Waals surface area contributed by atoms with Crippen molar-refractivity contribution >= 4 is 33.3 Å². The topological polar surface area (TPSA) is 93.2 Å². The SMILES string of the molecule is COC(=O)CN1C(=O)COc2cc(S(=O)(=O)N3CCCc4ccccc43)ccc21. The van der Waals surface area contributed by atoms with Gasteiger partial charge in [-0.3, -0.25) is 18.8 Å². The van der Waals surface area contributed by atoms with E-state index in [1.807, 2.05) is 18.2 Å². The summed E-state index contributed by atoms with van der Waals surface area (Å²) in [6.07, 6.45) is 1.57. The van der Waals surface area contributed by atoms with Crippen molar-refractivity contribution in [1.82, 2.24) is 0 Å². The van der Waals surface area contributed by atoms with Crippen molar-refractivity contribution in [3.8, 4) is 5.75 Å². The molecule has 0 fully saturated rings. The Morgan fingerprint density at radius 1 is 1.17 bits per heavy atom. The first kappa shape index (κ1) is 19.3. The summed E-state index contributed by atoms with van der Waals surface area (Å²) in [5, 5.41) is 0. The molecule has 0 saturated carbocycles. The van der Waals surface area contributed by atoms with Crippen LogP contribution in [-0.4, -0.2) is 47.1 Å². The monoisotopic (exact) mass is 416 g/mol. The fourth-order valence-electron chi connectivity index (χ4n) is 3.59. The van der Waals surface area contributed by atoms with Crippen LogP contribution in [0.1, 0.15) is 12.0 Å². The average Bonchev–Trinajstić information content (AvgIpc) is 2.74. The molecule has 1 amide bonds. The Morgan fingerprint density at radius 2 is 1.97 bits per heavy atom. The average molecular weight is 416 g/mol. The molecule has 0 aliphatic carbocycles. The minimum Gasteiger partial charge on any atom is -0.482 e. The van der Waals surface area contributed by atoms with Crippen LogP contribution < -0.4 is 13.9 Å². The number of ether oxygens (including phenoxy) is 2. The Labute approximate surface area is 168 Å². The predicted octanol–water partition coefficient (Wildman–Crippen LogP) is 1.73. The van der Waals surface area contributed by atoms with Crippen LogP contribution in [0.3, 0.4) is 0 Å². The van der Waals surface area contributed by atoms with Gasteiger partial charge in [-0.15, -0.1) is 0 Å². The lowest BCUT2D eigenvalue weighted by Gasteiger charge is -2.32. The number of benzene rings is 2. The van der Waals surface area contributed by atoms with Gasteiger partial charge in [0.05, 0.1) is 23.4 Å². The zero-order chi connectivity index (χ0) is 20.6. The second-order valence-corrected chi connectivity index (χ2v) is 8.65. The molecule has 0 atom stereocenters. The summed E-state index contributed by atoms with van der Waals surface area (Å²) >= 11 is 0. The molecule has 2 aliphatic rings. The molecule has 152 valence electrons. The first-order chi connectivity index (χ1) is 13.9. The van der Waals surface area contributed by atoms with E-state index in [1.165, 1.54) is 34.5 Å². The van der Waals surface area contributed by atoms with Gasteiger partial charge in [0.2, 0.25) is 0 Å². The number of carbonyl (C=O) groups is 2. The number of sulfonamides is 1. The van der Waals surface area contributed by atoms with Gasteiger partial charge in [-0.2, -0.15) is 0 Å². The van der Waals surface area contributed by atoms with E-state index in [1.54, 1.807) is 6.07 Å². The van der Waals surface area contributed by atoms with Crippen molar-refractivity contribution in [3.63, 3.8) is 0 Å². The molecule has 2 aliphatic heterocycles. The van der Waals surface area contributed by atoms with E-state index in [0.717, 1.165) is 18.4 Å². The van der Waals surface area contributed by atoms with Gasteiger partial charge in [0.15, 0.2) is 6.61 Å². The Morgan fingerprint density at radius 3 is 2.76 bits per heavy atom. The largest absolute Gasteiger partial charge is 0.482 e. The number of hydrogen-bond donors (Lipinski definition) is 0. The highest BCUT2D eigenvalue weighted by molar-refractivity contribution is 7.92. The van der Waals surface area contributed by atoms with E-state index in [0.29, 0.717) is 17.9 Å². The van der Waals surface area contributed by atoms with Gasteiger partial charge in [-0.05, 0) is 36.6 Å². The lowest BCUT2D eigenvalue weighted by Crippen LogP contribution is -2.42. The van der Waals surface area contributed by atoms with Crippen molar-refractivity contribution in [2.75, 3.05) is 36.0 Å². The van der Waals surface area contributed by atoms with Crippen LogP contribution >= 0.6 is 0 Å². The van der Waals surface area contributed by atoms with Gasteiger partial charge in [-0.25, -0.2) is 8.42 Å². The van der Waals surface area contributed by atoms with Gasteiger partial charge in [0.1, 0.15) is 12.3 Å². The molecule has 0 spiro atoms. The van der Waals surface area contributed by atoms with E-state index in [4.69, 9.17) is 4.74 Å². The molecule has 8 nitrogen and oxygen atoms in total. The minimum absolute atomic E-state index is 0.0697. The Kier molecular flexibility index (Phi) is 4.91. The predicted molar refractivity (Wildman–Crippen MR) is 106 cm³/mol. The summed E-state index contributed by atoms with van der Waals surface area (Å²) in [6, 6.07) is 11.8. The molecule has 0 aromatic heterocycles. The molecule has 2 heterocycles. The van der Waals surface area contributed by atoms with Crippen LogP contribution in [0.15, 0.2) is 47.4 Å². The van der Waals surface area contributed by atoms with E-state index >= 15 is 0 Å². The van der Waals surface area contributed by atoms with Crippen molar-refractivity contribution in [2.45, 2.75) is 17.7 Å². The van der Waals surface area contributed by atoms with Gasteiger partial charge < -0.3 is 9.47 Å².